The summed E-state index contributed by atoms with van der Waals surface area (Å²) >= 11 is 6.07. The Morgan fingerprint density at radius 1 is 1.28 bits per heavy atom. The Bertz CT molecular complexity index is 555. The minimum absolute atomic E-state index is 0.0525. The fourth-order valence-electron chi connectivity index (χ4n) is 1.57. The molecule has 3 nitrogen and oxygen atoms in total. The molecule has 94 valence electrons. The summed E-state index contributed by atoms with van der Waals surface area (Å²) in [7, 11) is 0. The molecule has 1 aromatic carbocycles. The Kier molecular flexibility index (Phi) is 3.84. The van der Waals surface area contributed by atoms with E-state index in [-0.39, 0.29) is 6.04 Å². The van der Waals surface area contributed by atoms with E-state index in [9.17, 15) is 0 Å². The molecule has 18 heavy (non-hydrogen) atoms. The zero-order valence-electron chi connectivity index (χ0n) is 10.4. The SMILES string of the molecule is Cc1ccc(Cl)c(Oc2cc([C@H](C)N)ccn2)c1. The van der Waals surface area contributed by atoms with Crippen molar-refractivity contribution in [3.8, 4) is 11.6 Å². The molecule has 0 aliphatic rings. The molecule has 0 radical (unpaired) electrons. The van der Waals surface area contributed by atoms with Gasteiger partial charge < -0.3 is 10.5 Å². The zero-order chi connectivity index (χ0) is 13.1. The van der Waals surface area contributed by atoms with E-state index in [1.54, 1.807) is 6.20 Å². The van der Waals surface area contributed by atoms with E-state index in [1.165, 1.54) is 0 Å². The Morgan fingerprint density at radius 3 is 2.78 bits per heavy atom. The molecule has 0 spiro atoms. The van der Waals surface area contributed by atoms with Crippen molar-refractivity contribution in [3.63, 3.8) is 0 Å². The molecule has 0 saturated carbocycles. The first-order valence-electron chi connectivity index (χ1n) is 5.72. The highest BCUT2D eigenvalue weighted by Gasteiger charge is 2.06. The Balaban J connectivity index is 2.28. The van der Waals surface area contributed by atoms with E-state index in [0.717, 1.165) is 11.1 Å². The summed E-state index contributed by atoms with van der Waals surface area (Å²) < 4.78 is 5.68. The van der Waals surface area contributed by atoms with Gasteiger partial charge in [-0.2, -0.15) is 0 Å². The second kappa shape index (κ2) is 5.38. The normalized spacial score (nSPS) is 12.2. The van der Waals surface area contributed by atoms with E-state index < -0.39 is 0 Å². The summed E-state index contributed by atoms with van der Waals surface area (Å²) in [5.41, 5.74) is 7.88. The van der Waals surface area contributed by atoms with Gasteiger partial charge in [0.05, 0.1) is 5.02 Å². The minimum atomic E-state index is -0.0525. The van der Waals surface area contributed by atoms with E-state index in [1.807, 2.05) is 44.2 Å². The molecule has 0 bridgehead atoms. The van der Waals surface area contributed by atoms with Gasteiger partial charge in [0.1, 0.15) is 5.75 Å². The van der Waals surface area contributed by atoms with Crippen LogP contribution in [-0.4, -0.2) is 4.98 Å². The highest BCUT2D eigenvalue weighted by molar-refractivity contribution is 6.32. The third-order valence-corrected chi connectivity index (χ3v) is 2.90. The predicted molar refractivity (Wildman–Crippen MR) is 73.1 cm³/mol. The lowest BCUT2D eigenvalue weighted by molar-refractivity contribution is 0.461. The lowest BCUT2D eigenvalue weighted by Crippen LogP contribution is -2.05. The Morgan fingerprint density at radius 2 is 2.06 bits per heavy atom. The summed E-state index contributed by atoms with van der Waals surface area (Å²) in [6, 6.07) is 9.26. The second-order valence-electron chi connectivity index (χ2n) is 4.25. The van der Waals surface area contributed by atoms with Crippen molar-refractivity contribution in [2.24, 2.45) is 5.73 Å². The lowest BCUT2D eigenvalue weighted by atomic mass is 10.1. The van der Waals surface area contributed by atoms with Crippen LogP contribution in [0.1, 0.15) is 24.1 Å². The number of nitrogens with two attached hydrogens (primary N) is 1. The molecule has 0 aliphatic carbocycles. The van der Waals surface area contributed by atoms with Crippen LogP contribution in [0.4, 0.5) is 0 Å². The third kappa shape index (κ3) is 3.00. The number of ether oxygens (including phenoxy) is 1. The van der Waals surface area contributed by atoms with Crippen LogP contribution in [0, 0.1) is 6.92 Å². The highest BCUT2D eigenvalue weighted by atomic mass is 35.5. The molecule has 1 heterocycles. The first-order chi connectivity index (χ1) is 8.56. The number of hydrogen-bond acceptors (Lipinski definition) is 3. The number of aromatic nitrogens is 1. The summed E-state index contributed by atoms with van der Waals surface area (Å²) in [6.45, 7) is 3.90. The van der Waals surface area contributed by atoms with Crippen molar-refractivity contribution in [3.05, 3.63) is 52.7 Å². The van der Waals surface area contributed by atoms with E-state index in [0.29, 0.717) is 16.7 Å². The number of rotatable bonds is 3. The average molecular weight is 263 g/mol. The van der Waals surface area contributed by atoms with Gasteiger partial charge >= 0.3 is 0 Å². The van der Waals surface area contributed by atoms with Crippen LogP contribution in [0.15, 0.2) is 36.5 Å². The van der Waals surface area contributed by atoms with Crippen LogP contribution in [0.25, 0.3) is 0 Å². The van der Waals surface area contributed by atoms with E-state index in [4.69, 9.17) is 22.1 Å². The Hall–Kier alpha value is -1.58. The number of nitrogens with zero attached hydrogens (tertiary/aromatic N) is 1. The van der Waals surface area contributed by atoms with Gasteiger partial charge in [0.25, 0.3) is 0 Å². The molecular formula is C14H15ClN2O. The number of benzene rings is 1. The van der Waals surface area contributed by atoms with Crippen molar-refractivity contribution in [2.75, 3.05) is 0 Å². The smallest absolute Gasteiger partial charge is 0.219 e. The maximum atomic E-state index is 6.07. The van der Waals surface area contributed by atoms with Gasteiger partial charge in [-0.05, 0) is 43.2 Å². The van der Waals surface area contributed by atoms with E-state index >= 15 is 0 Å². The monoisotopic (exact) mass is 262 g/mol. The fraction of sp³-hybridized carbons (Fsp3) is 0.214. The lowest BCUT2D eigenvalue weighted by Gasteiger charge is -2.10. The van der Waals surface area contributed by atoms with Gasteiger partial charge in [-0.1, -0.05) is 17.7 Å². The number of aryl methyl sites for hydroxylation is 1. The first-order valence-corrected chi connectivity index (χ1v) is 6.09. The molecule has 0 unspecified atom stereocenters. The molecule has 0 saturated heterocycles. The van der Waals surface area contributed by atoms with Gasteiger partial charge in [-0.3, -0.25) is 0 Å². The average Bonchev–Trinajstić information content (AvgIpc) is 2.34. The van der Waals surface area contributed by atoms with Crippen LogP contribution in [0.2, 0.25) is 5.02 Å². The zero-order valence-corrected chi connectivity index (χ0v) is 11.1. The van der Waals surface area contributed by atoms with Crippen LogP contribution >= 0.6 is 11.6 Å². The standard InChI is InChI=1S/C14H15ClN2O/c1-9-3-4-12(15)13(7-9)18-14-8-11(10(2)16)5-6-17-14/h3-8,10H,16H2,1-2H3/t10-/m0/s1. The van der Waals surface area contributed by atoms with Gasteiger partial charge in [-0.15, -0.1) is 0 Å². The van der Waals surface area contributed by atoms with Gasteiger partial charge in [-0.25, -0.2) is 4.98 Å². The van der Waals surface area contributed by atoms with Gasteiger partial charge in [0, 0.05) is 18.3 Å². The molecule has 4 heteroatoms. The van der Waals surface area contributed by atoms with Gasteiger partial charge in [0.2, 0.25) is 5.88 Å². The number of pyridine rings is 1. The molecule has 1 aromatic heterocycles. The first kappa shape index (κ1) is 12.9. The molecule has 2 N–H and O–H groups in total. The molecule has 0 fully saturated rings. The number of hydrogen-bond donors (Lipinski definition) is 1. The maximum absolute atomic E-state index is 6.07. The summed E-state index contributed by atoms with van der Waals surface area (Å²) in [4.78, 5) is 4.15. The third-order valence-electron chi connectivity index (χ3n) is 2.59. The summed E-state index contributed by atoms with van der Waals surface area (Å²) in [5, 5.41) is 0.564. The highest BCUT2D eigenvalue weighted by Crippen LogP contribution is 2.29. The molecule has 2 aromatic rings. The van der Waals surface area contributed by atoms with Crippen molar-refractivity contribution in [2.45, 2.75) is 19.9 Å². The maximum Gasteiger partial charge on any atom is 0.219 e. The van der Waals surface area contributed by atoms with Crippen LogP contribution in [-0.2, 0) is 0 Å². The Labute approximate surface area is 112 Å². The molecule has 0 aliphatic heterocycles. The molecule has 1 atom stereocenters. The van der Waals surface area contributed by atoms with Crippen molar-refractivity contribution < 1.29 is 4.74 Å². The van der Waals surface area contributed by atoms with Crippen LogP contribution in [0.3, 0.4) is 0 Å². The van der Waals surface area contributed by atoms with Crippen molar-refractivity contribution >= 4 is 11.6 Å². The topological polar surface area (TPSA) is 48.1 Å². The van der Waals surface area contributed by atoms with Gasteiger partial charge in [0.15, 0.2) is 0 Å². The second-order valence-corrected chi connectivity index (χ2v) is 4.66. The molecule has 0 amide bonds. The van der Waals surface area contributed by atoms with Crippen molar-refractivity contribution in [1.82, 2.24) is 4.98 Å². The molecule has 2 rings (SSSR count). The van der Waals surface area contributed by atoms with Crippen molar-refractivity contribution in [1.29, 1.82) is 0 Å². The quantitative estimate of drug-likeness (QED) is 0.914. The van der Waals surface area contributed by atoms with E-state index in [2.05, 4.69) is 4.98 Å². The fourth-order valence-corrected chi connectivity index (χ4v) is 1.72. The summed E-state index contributed by atoms with van der Waals surface area (Å²) in [6.07, 6.45) is 1.68. The summed E-state index contributed by atoms with van der Waals surface area (Å²) in [5.74, 6) is 1.10. The largest absolute Gasteiger partial charge is 0.437 e. The van der Waals surface area contributed by atoms with Crippen LogP contribution < -0.4 is 10.5 Å². The predicted octanol–water partition coefficient (Wildman–Crippen LogP) is 3.86. The molecular weight excluding hydrogens is 248 g/mol. The van der Waals surface area contributed by atoms with Crippen LogP contribution in [0.5, 0.6) is 11.6 Å². The number of halogens is 1. The minimum Gasteiger partial charge on any atom is -0.437 e.